The molecule has 5 heteroatoms. The lowest BCUT2D eigenvalue weighted by Gasteiger charge is -1.88. The maximum atomic E-state index is 5.41. The summed E-state index contributed by atoms with van der Waals surface area (Å²) in [6.07, 6.45) is 0. The maximum absolute atomic E-state index is 5.41. The van der Waals surface area contributed by atoms with Gasteiger partial charge < -0.3 is 14.7 Å². The molecule has 0 amide bonds. The van der Waals surface area contributed by atoms with Crippen molar-refractivity contribution in [3.63, 3.8) is 0 Å². The van der Waals surface area contributed by atoms with Crippen LogP contribution in [0.25, 0.3) is 11.5 Å². The number of aromatic nitrogens is 1. The van der Waals surface area contributed by atoms with Crippen LogP contribution in [-0.4, -0.2) is 5.16 Å². The molecule has 0 atom stereocenters. The Kier molecular flexibility index (Phi) is 1.88. The number of furan rings is 1. The largest absolute Gasteiger partial charge is 0.446 e. The van der Waals surface area contributed by atoms with Crippen molar-refractivity contribution in [2.45, 2.75) is 6.92 Å². The Bertz CT molecular complexity index is 433. The molecule has 0 saturated carbocycles. The van der Waals surface area contributed by atoms with Crippen LogP contribution >= 0.6 is 15.9 Å². The number of nitrogen functional groups attached to an aromatic ring is 1. The van der Waals surface area contributed by atoms with Gasteiger partial charge in [0.15, 0.2) is 16.2 Å². The van der Waals surface area contributed by atoms with Gasteiger partial charge in [0.25, 0.3) is 0 Å². The number of hydrogen-bond donors (Lipinski definition) is 1. The van der Waals surface area contributed by atoms with Crippen LogP contribution in [0.3, 0.4) is 0 Å². The Labute approximate surface area is 82.8 Å². The highest BCUT2D eigenvalue weighted by atomic mass is 79.9. The van der Waals surface area contributed by atoms with Crippen molar-refractivity contribution in [2.75, 3.05) is 5.73 Å². The molecule has 0 aromatic carbocycles. The summed E-state index contributed by atoms with van der Waals surface area (Å²) < 4.78 is 11.0. The molecule has 4 nitrogen and oxygen atoms in total. The van der Waals surface area contributed by atoms with E-state index in [-0.39, 0.29) is 0 Å². The number of aryl methyl sites for hydroxylation is 1. The monoisotopic (exact) mass is 242 g/mol. The molecule has 0 unspecified atom stereocenters. The zero-order valence-electron chi connectivity index (χ0n) is 6.87. The molecule has 2 heterocycles. The number of halogens is 1. The van der Waals surface area contributed by atoms with Gasteiger partial charge in [0.1, 0.15) is 0 Å². The minimum absolute atomic E-state index is 0.349. The van der Waals surface area contributed by atoms with Crippen LogP contribution in [0.1, 0.15) is 5.56 Å². The first-order chi connectivity index (χ1) is 6.16. The van der Waals surface area contributed by atoms with Crippen molar-refractivity contribution in [3.8, 4) is 11.5 Å². The second-order valence-corrected chi connectivity index (χ2v) is 3.46. The van der Waals surface area contributed by atoms with Crippen LogP contribution in [0.15, 0.2) is 25.7 Å². The highest BCUT2D eigenvalue weighted by molar-refractivity contribution is 9.10. The molecule has 2 rings (SSSR count). The molecule has 0 aliphatic rings. The first kappa shape index (κ1) is 8.37. The third-order valence-electron chi connectivity index (χ3n) is 1.64. The molecule has 2 N–H and O–H groups in total. The number of rotatable bonds is 1. The van der Waals surface area contributed by atoms with Gasteiger partial charge in [-0.2, -0.15) is 0 Å². The Morgan fingerprint density at radius 2 is 2.23 bits per heavy atom. The van der Waals surface area contributed by atoms with E-state index in [0.717, 1.165) is 5.56 Å². The van der Waals surface area contributed by atoms with Gasteiger partial charge in [-0.3, -0.25) is 0 Å². The van der Waals surface area contributed by atoms with Crippen LogP contribution in [0.5, 0.6) is 0 Å². The predicted octanol–water partition coefficient (Wildman–Crippen LogP) is 2.59. The minimum Gasteiger partial charge on any atom is -0.446 e. The molecule has 0 radical (unpaired) electrons. The SMILES string of the molecule is Cc1cc(Br)oc1-c1cc(N)no1. The summed E-state index contributed by atoms with van der Waals surface area (Å²) in [5.74, 6) is 1.54. The Morgan fingerprint density at radius 3 is 2.69 bits per heavy atom. The first-order valence-electron chi connectivity index (χ1n) is 3.65. The van der Waals surface area contributed by atoms with Crippen LogP contribution in [0, 0.1) is 6.92 Å². The van der Waals surface area contributed by atoms with Crippen molar-refractivity contribution in [2.24, 2.45) is 0 Å². The lowest BCUT2D eigenvalue weighted by atomic mass is 10.2. The number of nitrogens with zero attached hydrogens (tertiary/aromatic N) is 1. The summed E-state index contributed by atoms with van der Waals surface area (Å²) in [6, 6.07) is 3.48. The van der Waals surface area contributed by atoms with Crippen molar-refractivity contribution in [1.29, 1.82) is 0 Å². The van der Waals surface area contributed by atoms with Crippen molar-refractivity contribution >= 4 is 21.7 Å². The number of anilines is 1. The highest BCUT2D eigenvalue weighted by Crippen LogP contribution is 2.29. The van der Waals surface area contributed by atoms with Crippen LogP contribution in [-0.2, 0) is 0 Å². The third kappa shape index (κ3) is 1.47. The fraction of sp³-hybridized carbons (Fsp3) is 0.125. The smallest absolute Gasteiger partial charge is 0.204 e. The standard InChI is InChI=1S/C8H7BrN2O2/c1-4-2-6(9)12-8(4)5-3-7(10)11-13-5/h2-3H,1H3,(H2,10,11). The average Bonchev–Trinajstić information content (AvgIpc) is 2.58. The highest BCUT2D eigenvalue weighted by Gasteiger charge is 2.12. The van der Waals surface area contributed by atoms with E-state index in [1.54, 1.807) is 6.07 Å². The van der Waals surface area contributed by atoms with Gasteiger partial charge in [0, 0.05) is 6.07 Å². The van der Waals surface area contributed by atoms with E-state index in [0.29, 0.717) is 22.0 Å². The van der Waals surface area contributed by atoms with Gasteiger partial charge >= 0.3 is 0 Å². The van der Waals surface area contributed by atoms with Gasteiger partial charge in [0.05, 0.1) is 0 Å². The molecule has 2 aromatic rings. The summed E-state index contributed by atoms with van der Waals surface area (Å²) in [7, 11) is 0. The fourth-order valence-corrected chi connectivity index (χ4v) is 1.59. The Balaban J connectivity index is 2.51. The normalized spacial score (nSPS) is 10.6. The van der Waals surface area contributed by atoms with Crippen LogP contribution < -0.4 is 5.73 Å². The zero-order valence-corrected chi connectivity index (χ0v) is 8.46. The van der Waals surface area contributed by atoms with E-state index in [2.05, 4.69) is 21.1 Å². The van der Waals surface area contributed by atoms with Gasteiger partial charge in [-0.25, -0.2) is 0 Å². The predicted molar refractivity (Wildman–Crippen MR) is 51.1 cm³/mol. The Morgan fingerprint density at radius 1 is 1.46 bits per heavy atom. The third-order valence-corrected chi connectivity index (χ3v) is 2.03. The lowest BCUT2D eigenvalue weighted by Crippen LogP contribution is -1.79. The van der Waals surface area contributed by atoms with Gasteiger partial charge in [0.2, 0.25) is 5.76 Å². The van der Waals surface area contributed by atoms with Crippen LogP contribution in [0.4, 0.5) is 5.82 Å². The summed E-state index contributed by atoms with van der Waals surface area (Å²) in [6.45, 7) is 1.92. The summed E-state index contributed by atoms with van der Waals surface area (Å²) in [4.78, 5) is 0. The van der Waals surface area contributed by atoms with Gasteiger partial charge in [-0.15, -0.1) is 0 Å². The van der Waals surface area contributed by atoms with E-state index in [4.69, 9.17) is 14.7 Å². The minimum atomic E-state index is 0.349. The van der Waals surface area contributed by atoms with E-state index < -0.39 is 0 Å². The van der Waals surface area contributed by atoms with Crippen LogP contribution in [0.2, 0.25) is 0 Å². The Hall–Kier alpha value is -1.23. The molecule has 13 heavy (non-hydrogen) atoms. The van der Waals surface area contributed by atoms with E-state index >= 15 is 0 Å². The molecule has 68 valence electrons. The average molecular weight is 243 g/mol. The van der Waals surface area contributed by atoms with E-state index in [9.17, 15) is 0 Å². The fourth-order valence-electron chi connectivity index (χ4n) is 1.08. The summed E-state index contributed by atoms with van der Waals surface area (Å²) >= 11 is 3.23. The first-order valence-corrected chi connectivity index (χ1v) is 4.44. The molecule has 0 aliphatic heterocycles. The molecule has 0 aliphatic carbocycles. The lowest BCUT2D eigenvalue weighted by molar-refractivity contribution is 0.418. The molecule has 0 bridgehead atoms. The van der Waals surface area contributed by atoms with E-state index in [1.165, 1.54) is 0 Å². The molecular weight excluding hydrogens is 236 g/mol. The second kappa shape index (κ2) is 2.92. The summed E-state index contributed by atoms with van der Waals surface area (Å²) in [5, 5.41) is 3.57. The maximum Gasteiger partial charge on any atom is 0.204 e. The molecule has 0 saturated heterocycles. The van der Waals surface area contributed by atoms with Crippen molar-refractivity contribution < 1.29 is 8.94 Å². The topological polar surface area (TPSA) is 65.2 Å². The molecule has 0 spiro atoms. The second-order valence-electron chi connectivity index (χ2n) is 2.68. The number of hydrogen-bond acceptors (Lipinski definition) is 4. The van der Waals surface area contributed by atoms with Crippen molar-refractivity contribution in [3.05, 3.63) is 22.4 Å². The molecular formula is C8H7BrN2O2. The van der Waals surface area contributed by atoms with Crippen molar-refractivity contribution in [1.82, 2.24) is 5.16 Å². The quantitative estimate of drug-likeness (QED) is 0.835. The molecule has 2 aromatic heterocycles. The van der Waals surface area contributed by atoms with Gasteiger partial charge in [-0.05, 0) is 34.5 Å². The zero-order chi connectivity index (χ0) is 9.42. The van der Waals surface area contributed by atoms with Gasteiger partial charge in [-0.1, -0.05) is 5.16 Å². The van der Waals surface area contributed by atoms with E-state index in [1.807, 2.05) is 13.0 Å². The summed E-state index contributed by atoms with van der Waals surface area (Å²) in [5.41, 5.74) is 6.39. The number of nitrogens with two attached hydrogens (primary N) is 1. The molecule has 0 fully saturated rings.